The minimum atomic E-state index is -3.85. The number of hydrogen-bond acceptors (Lipinski definition) is 5. The normalized spacial score (nSPS) is 12.2. The van der Waals surface area contributed by atoms with Crippen molar-refractivity contribution in [2.24, 2.45) is 0 Å². The van der Waals surface area contributed by atoms with Crippen LogP contribution in [0.2, 0.25) is 0 Å². The van der Waals surface area contributed by atoms with E-state index in [1.807, 2.05) is 27.7 Å². The van der Waals surface area contributed by atoms with Gasteiger partial charge in [-0.3, -0.25) is 4.18 Å². The van der Waals surface area contributed by atoms with Gasteiger partial charge in [-0.1, -0.05) is 25.1 Å². The summed E-state index contributed by atoms with van der Waals surface area (Å²) in [6, 6.07) is 13.5. The molecule has 176 valence electrons. The third-order valence-corrected chi connectivity index (χ3v) is 9.23. The lowest BCUT2D eigenvalue weighted by atomic mass is 9.96. The van der Waals surface area contributed by atoms with Crippen molar-refractivity contribution >= 4 is 20.0 Å². The number of hydrogen-bond donors (Lipinski definition) is 0. The molecule has 0 saturated heterocycles. The molecular weight excluding hydrogens is 456 g/mol. The number of rotatable bonds is 7. The first kappa shape index (κ1) is 25.1. The third-order valence-electron chi connectivity index (χ3n) is 6.14. The molecule has 0 heterocycles. The van der Waals surface area contributed by atoms with Gasteiger partial charge < -0.3 is 0 Å². The second kappa shape index (κ2) is 9.41. The predicted molar refractivity (Wildman–Crippen MR) is 130 cm³/mol. The van der Waals surface area contributed by atoms with Crippen molar-refractivity contribution in [3.63, 3.8) is 0 Å². The predicted octanol–water partition coefficient (Wildman–Crippen LogP) is 5.24. The van der Waals surface area contributed by atoms with Crippen molar-refractivity contribution < 1.29 is 21.0 Å². The van der Waals surface area contributed by atoms with Crippen molar-refractivity contribution in [2.75, 3.05) is 7.11 Å². The van der Waals surface area contributed by atoms with E-state index in [0.717, 1.165) is 41.3 Å². The molecule has 33 heavy (non-hydrogen) atoms. The van der Waals surface area contributed by atoms with E-state index in [1.165, 1.54) is 11.6 Å². The summed E-state index contributed by atoms with van der Waals surface area (Å²) in [7, 11) is -6.41. The SMILES string of the molecule is CCc1c(C)cc(S(=O)(=O)c2cc(C)c(Cc3ccccc3S(=O)(=O)OC)c(C)c2)cc1C. The van der Waals surface area contributed by atoms with Crippen LogP contribution >= 0.6 is 0 Å². The van der Waals surface area contributed by atoms with E-state index in [-0.39, 0.29) is 14.7 Å². The lowest BCUT2D eigenvalue weighted by molar-refractivity contribution is 0.397. The maximum Gasteiger partial charge on any atom is 0.296 e. The zero-order chi connectivity index (χ0) is 24.6. The molecule has 0 fully saturated rings. The van der Waals surface area contributed by atoms with E-state index >= 15 is 0 Å². The second-order valence-corrected chi connectivity index (χ2v) is 12.0. The van der Waals surface area contributed by atoms with Gasteiger partial charge in [0.05, 0.1) is 21.8 Å². The zero-order valence-electron chi connectivity index (χ0n) is 19.9. The van der Waals surface area contributed by atoms with E-state index < -0.39 is 20.0 Å². The van der Waals surface area contributed by atoms with Crippen LogP contribution in [-0.4, -0.2) is 23.9 Å². The lowest BCUT2D eigenvalue weighted by Gasteiger charge is -2.16. The highest BCUT2D eigenvalue weighted by molar-refractivity contribution is 7.91. The van der Waals surface area contributed by atoms with Gasteiger partial charge in [-0.25, -0.2) is 8.42 Å². The Labute approximate surface area is 197 Å². The Morgan fingerprint density at radius 2 is 1.18 bits per heavy atom. The Morgan fingerprint density at radius 3 is 1.64 bits per heavy atom. The first-order valence-corrected chi connectivity index (χ1v) is 13.6. The molecule has 0 radical (unpaired) electrons. The summed E-state index contributed by atoms with van der Waals surface area (Å²) in [6.45, 7) is 9.65. The molecule has 0 amide bonds. The Hall–Kier alpha value is -2.48. The highest BCUT2D eigenvalue weighted by atomic mass is 32.2. The van der Waals surface area contributed by atoms with Crippen molar-refractivity contribution in [1.29, 1.82) is 0 Å². The summed E-state index contributed by atoms with van der Waals surface area (Å²) in [5, 5.41) is 0. The quantitative estimate of drug-likeness (QED) is 0.427. The zero-order valence-corrected chi connectivity index (χ0v) is 21.5. The molecule has 3 aromatic carbocycles. The Kier molecular flexibility index (Phi) is 7.17. The second-order valence-electron chi connectivity index (χ2n) is 8.33. The lowest BCUT2D eigenvalue weighted by Crippen LogP contribution is -2.09. The van der Waals surface area contributed by atoms with Gasteiger partial charge in [0, 0.05) is 0 Å². The average molecular weight is 487 g/mol. The molecule has 0 bridgehead atoms. The maximum absolute atomic E-state index is 13.4. The van der Waals surface area contributed by atoms with Crippen LogP contribution in [0, 0.1) is 27.7 Å². The van der Waals surface area contributed by atoms with Crippen molar-refractivity contribution in [2.45, 2.75) is 62.1 Å². The number of aryl methyl sites for hydroxylation is 4. The molecule has 0 atom stereocenters. The van der Waals surface area contributed by atoms with E-state index in [2.05, 4.69) is 6.92 Å². The molecule has 0 aromatic heterocycles. The summed E-state index contributed by atoms with van der Waals surface area (Å²) in [4.78, 5) is 0.643. The topological polar surface area (TPSA) is 77.5 Å². The van der Waals surface area contributed by atoms with Crippen LogP contribution in [-0.2, 0) is 37.0 Å². The standard InChI is InChI=1S/C26H30O5S2/c1-7-24-17(2)12-22(13-18(24)3)32(27,28)23-14-19(4)25(20(5)15-23)16-21-10-8-9-11-26(21)33(29,30)31-6/h8-15H,7,16H2,1-6H3. The molecule has 3 aromatic rings. The molecule has 0 aliphatic carbocycles. The largest absolute Gasteiger partial charge is 0.296 e. The molecule has 0 spiro atoms. The third kappa shape index (κ3) is 4.90. The van der Waals surface area contributed by atoms with E-state index in [4.69, 9.17) is 4.18 Å². The van der Waals surface area contributed by atoms with Crippen molar-refractivity contribution in [3.8, 4) is 0 Å². The van der Waals surface area contributed by atoms with Gasteiger partial charge in [0.25, 0.3) is 10.1 Å². The molecular formula is C26H30O5S2. The smallest absolute Gasteiger partial charge is 0.270 e. The van der Waals surface area contributed by atoms with Crippen LogP contribution in [0.3, 0.4) is 0 Å². The molecule has 0 saturated carbocycles. The fraction of sp³-hybridized carbons (Fsp3) is 0.308. The van der Waals surface area contributed by atoms with E-state index in [9.17, 15) is 16.8 Å². The monoisotopic (exact) mass is 486 g/mol. The molecule has 3 rings (SSSR count). The van der Waals surface area contributed by atoms with Crippen LogP contribution < -0.4 is 0 Å². The van der Waals surface area contributed by atoms with Gasteiger partial charge in [0.15, 0.2) is 0 Å². The minimum Gasteiger partial charge on any atom is -0.270 e. The molecule has 0 aliphatic heterocycles. The summed E-state index contributed by atoms with van der Waals surface area (Å²) in [5.74, 6) is 0. The summed E-state index contributed by atoms with van der Waals surface area (Å²) >= 11 is 0. The molecule has 0 N–H and O–H groups in total. The van der Waals surface area contributed by atoms with Gasteiger partial charge in [-0.05, 0) is 110 Å². The number of benzene rings is 3. The van der Waals surface area contributed by atoms with Crippen LogP contribution in [0.1, 0.15) is 45.9 Å². The Balaban J connectivity index is 2.07. The van der Waals surface area contributed by atoms with Crippen LogP contribution in [0.5, 0.6) is 0 Å². The van der Waals surface area contributed by atoms with Crippen molar-refractivity contribution in [3.05, 3.63) is 87.5 Å². The highest BCUT2D eigenvalue weighted by Gasteiger charge is 2.23. The minimum absolute atomic E-state index is 0.116. The summed E-state index contributed by atoms with van der Waals surface area (Å²) in [5.41, 5.74) is 6.17. The average Bonchev–Trinajstić information content (AvgIpc) is 2.76. The molecule has 7 heteroatoms. The molecule has 0 aliphatic rings. The fourth-order valence-electron chi connectivity index (χ4n) is 4.36. The summed E-state index contributed by atoms with van der Waals surface area (Å²) in [6.07, 6.45) is 1.20. The fourth-order valence-corrected chi connectivity index (χ4v) is 6.85. The van der Waals surface area contributed by atoms with Gasteiger partial charge in [0.2, 0.25) is 9.84 Å². The Morgan fingerprint density at radius 1 is 0.727 bits per heavy atom. The molecule has 5 nitrogen and oxygen atoms in total. The summed E-state index contributed by atoms with van der Waals surface area (Å²) < 4.78 is 56.2. The maximum atomic E-state index is 13.4. The van der Waals surface area contributed by atoms with E-state index in [1.54, 1.807) is 42.5 Å². The van der Waals surface area contributed by atoms with Crippen LogP contribution in [0.4, 0.5) is 0 Å². The van der Waals surface area contributed by atoms with Gasteiger partial charge in [-0.2, -0.15) is 8.42 Å². The Bertz CT molecular complexity index is 1370. The van der Waals surface area contributed by atoms with Crippen LogP contribution in [0.25, 0.3) is 0 Å². The van der Waals surface area contributed by atoms with Gasteiger partial charge in [-0.15, -0.1) is 0 Å². The number of sulfone groups is 1. The van der Waals surface area contributed by atoms with Gasteiger partial charge in [0.1, 0.15) is 0 Å². The highest BCUT2D eigenvalue weighted by Crippen LogP contribution is 2.30. The molecule has 0 unspecified atom stereocenters. The first-order valence-electron chi connectivity index (χ1n) is 10.8. The first-order chi connectivity index (χ1) is 15.4. The van der Waals surface area contributed by atoms with Gasteiger partial charge >= 0.3 is 0 Å². The van der Waals surface area contributed by atoms with E-state index in [0.29, 0.717) is 12.0 Å². The van der Waals surface area contributed by atoms with Crippen LogP contribution in [0.15, 0.2) is 63.2 Å². The van der Waals surface area contributed by atoms with Crippen molar-refractivity contribution in [1.82, 2.24) is 0 Å².